The minimum atomic E-state index is -0.176. The van der Waals surface area contributed by atoms with E-state index in [0.717, 1.165) is 10.6 Å². The van der Waals surface area contributed by atoms with Crippen LogP contribution in [0.5, 0.6) is 5.75 Å². The van der Waals surface area contributed by atoms with Gasteiger partial charge in [0, 0.05) is 11.1 Å². The van der Waals surface area contributed by atoms with Crippen LogP contribution in [0, 0.1) is 0 Å². The summed E-state index contributed by atoms with van der Waals surface area (Å²) in [6.45, 7) is 2.57. The monoisotopic (exact) mass is 355 g/mol. The van der Waals surface area contributed by atoms with Gasteiger partial charge in [-0.15, -0.1) is 16.9 Å². The second kappa shape index (κ2) is 8.29. The Morgan fingerprint density at radius 3 is 2.80 bits per heavy atom. The van der Waals surface area contributed by atoms with E-state index in [0.29, 0.717) is 18.1 Å². The average molecular weight is 355 g/mol. The number of ether oxygens (including phenoxy) is 1. The zero-order valence-electron chi connectivity index (χ0n) is 13.6. The minimum Gasteiger partial charge on any atom is -0.494 e. The largest absolute Gasteiger partial charge is 0.494 e. The number of nitrogens with one attached hydrogen (secondary N) is 2. The van der Waals surface area contributed by atoms with Crippen LogP contribution in [0.15, 0.2) is 53.6 Å². The molecule has 3 aromatic rings. The van der Waals surface area contributed by atoms with Gasteiger partial charge in [-0.05, 0) is 43.3 Å². The second-order valence-corrected chi connectivity index (χ2v) is 6.01. The lowest BCUT2D eigenvalue weighted by Crippen LogP contribution is -2.15. The van der Waals surface area contributed by atoms with Gasteiger partial charge in [0.05, 0.1) is 12.4 Å². The van der Waals surface area contributed by atoms with E-state index in [-0.39, 0.29) is 17.6 Å². The van der Waals surface area contributed by atoms with Crippen molar-refractivity contribution in [3.8, 4) is 17.3 Å². The van der Waals surface area contributed by atoms with Crippen molar-refractivity contribution in [1.82, 2.24) is 20.2 Å². The molecule has 25 heavy (non-hydrogen) atoms. The van der Waals surface area contributed by atoms with E-state index >= 15 is 0 Å². The first-order valence-corrected chi connectivity index (χ1v) is 8.72. The number of aromatic nitrogens is 4. The molecule has 0 aliphatic carbocycles. The third kappa shape index (κ3) is 4.80. The molecule has 1 amide bonds. The van der Waals surface area contributed by atoms with Crippen molar-refractivity contribution < 1.29 is 9.53 Å². The Bertz CT molecular complexity index is 821. The summed E-state index contributed by atoms with van der Waals surface area (Å²) in [5.41, 5.74) is 0.666. The van der Waals surface area contributed by atoms with Gasteiger partial charge >= 0.3 is 0 Å². The minimum absolute atomic E-state index is 0.176. The predicted molar refractivity (Wildman–Crippen MR) is 96.6 cm³/mol. The van der Waals surface area contributed by atoms with Crippen molar-refractivity contribution >= 4 is 23.6 Å². The van der Waals surface area contributed by atoms with E-state index < -0.39 is 0 Å². The van der Waals surface area contributed by atoms with E-state index in [1.165, 1.54) is 11.8 Å². The molecule has 7 nitrogen and oxygen atoms in total. The first kappa shape index (κ1) is 17.0. The highest BCUT2D eigenvalue weighted by molar-refractivity contribution is 8.00. The summed E-state index contributed by atoms with van der Waals surface area (Å²) >= 11 is 1.43. The summed E-state index contributed by atoms with van der Waals surface area (Å²) in [5, 5.41) is 9.41. The van der Waals surface area contributed by atoms with Crippen LogP contribution in [0.1, 0.15) is 6.92 Å². The molecule has 0 fully saturated rings. The number of pyridine rings is 1. The van der Waals surface area contributed by atoms with Crippen molar-refractivity contribution in [1.29, 1.82) is 0 Å². The zero-order chi connectivity index (χ0) is 17.5. The third-order valence-corrected chi connectivity index (χ3v) is 4.16. The lowest BCUT2D eigenvalue weighted by Gasteiger charge is -2.04. The van der Waals surface area contributed by atoms with Gasteiger partial charge in [0.15, 0.2) is 5.82 Å². The lowest BCUT2D eigenvalue weighted by molar-refractivity contribution is -0.113. The van der Waals surface area contributed by atoms with Crippen LogP contribution in [-0.4, -0.2) is 38.4 Å². The van der Waals surface area contributed by atoms with Gasteiger partial charge in [-0.1, -0.05) is 6.07 Å². The van der Waals surface area contributed by atoms with Gasteiger partial charge < -0.3 is 4.74 Å². The quantitative estimate of drug-likeness (QED) is 0.633. The van der Waals surface area contributed by atoms with Crippen LogP contribution in [0.25, 0.3) is 11.5 Å². The molecule has 0 atom stereocenters. The summed E-state index contributed by atoms with van der Waals surface area (Å²) in [6, 6.07) is 13.1. The number of nitrogens with zero attached hydrogens (tertiary/aromatic N) is 3. The molecule has 0 spiro atoms. The standard InChI is InChI=1S/C17H17N5O2S/c1-2-24-12-6-8-13(9-7-12)25-11-15(23)19-17-20-16(21-22-17)14-5-3-4-10-18-14/h3-10H,2,11H2,1H3,(H2,19,20,21,22,23). The molecule has 0 saturated heterocycles. The highest BCUT2D eigenvalue weighted by atomic mass is 32.2. The maximum atomic E-state index is 12.0. The number of hydrogen-bond donors (Lipinski definition) is 2. The number of hydrogen-bond acceptors (Lipinski definition) is 6. The topological polar surface area (TPSA) is 92.8 Å². The molecule has 2 N–H and O–H groups in total. The van der Waals surface area contributed by atoms with E-state index in [2.05, 4.69) is 25.5 Å². The van der Waals surface area contributed by atoms with Crippen LogP contribution < -0.4 is 10.1 Å². The SMILES string of the molecule is CCOc1ccc(SCC(=O)Nc2n[nH]c(-c3ccccn3)n2)cc1. The van der Waals surface area contributed by atoms with Crippen LogP contribution in [0.2, 0.25) is 0 Å². The Morgan fingerprint density at radius 1 is 1.24 bits per heavy atom. The van der Waals surface area contributed by atoms with Crippen LogP contribution in [0.4, 0.5) is 5.95 Å². The average Bonchev–Trinajstić information content (AvgIpc) is 3.11. The molecule has 128 valence electrons. The molecule has 2 aromatic heterocycles. The molecule has 8 heteroatoms. The molecule has 0 bridgehead atoms. The van der Waals surface area contributed by atoms with Gasteiger partial charge in [-0.3, -0.25) is 20.2 Å². The molecule has 3 rings (SSSR count). The number of thioether (sulfide) groups is 1. The fourth-order valence-corrected chi connectivity index (χ4v) is 2.74. The number of benzene rings is 1. The van der Waals surface area contributed by atoms with E-state index in [9.17, 15) is 4.79 Å². The van der Waals surface area contributed by atoms with Crippen molar-refractivity contribution in [3.63, 3.8) is 0 Å². The third-order valence-electron chi connectivity index (χ3n) is 3.15. The summed E-state index contributed by atoms with van der Waals surface area (Å²) in [6.07, 6.45) is 1.67. The summed E-state index contributed by atoms with van der Waals surface area (Å²) in [7, 11) is 0. The number of anilines is 1. The molecule has 0 unspecified atom stereocenters. The maximum Gasteiger partial charge on any atom is 0.249 e. The fourth-order valence-electron chi connectivity index (χ4n) is 2.04. The number of amides is 1. The molecule has 0 saturated carbocycles. The molecule has 0 aliphatic heterocycles. The van der Waals surface area contributed by atoms with Gasteiger partial charge in [0.2, 0.25) is 11.9 Å². The maximum absolute atomic E-state index is 12.0. The van der Waals surface area contributed by atoms with E-state index in [4.69, 9.17) is 4.74 Å². The highest BCUT2D eigenvalue weighted by Crippen LogP contribution is 2.21. The molecule has 2 heterocycles. The van der Waals surface area contributed by atoms with Crippen molar-refractivity contribution in [2.75, 3.05) is 17.7 Å². The first-order chi connectivity index (χ1) is 12.2. The first-order valence-electron chi connectivity index (χ1n) is 7.74. The second-order valence-electron chi connectivity index (χ2n) is 4.96. The van der Waals surface area contributed by atoms with E-state index in [1.807, 2.05) is 49.4 Å². The molecule has 0 aliphatic rings. The van der Waals surface area contributed by atoms with Crippen LogP contribution >= 0.6 is 11.8 Å². The summed E-state index contributed by atoms with van der Waals surface area (Å²) in [4.78, 5) is 21.4. The molecular formula is C17H17N5O2S. The Morgan fingerprint density at radius 2 is 2.08 bits per heavy atom. The van der Waals surface area contributed by atoms with Gasteiger partial charge in [-0.2, -0.15) is 4.98 Å². The molecular weight excluding hydrogens is 338 g/mol. The van der Waals surface area contributed by atoms with E-state index in [1.54, 1.807) is 6.20 Å². The van der Waals surface area contributed by atoms with Gasteiger partial charge in [0.1, 0.15) is 11.4 Å². The fraction of sp³-hybridized carbons (Fsp3) is 0.176. The van der Waals surface area contributed by atoms with Crippen LogP contribution in [-0.2, 0) is 4.79 Å². The Hall–Kier alpha value is -2.87. The zero-order valence-corrected chi connectivity index (χ0v) is 14.4. The predicted octanol–water partition coefficient (Wildman–Crippen LogP) is 3.00. The van der Waals surface area contributed by atoms with Gasteiger partial charge in [0.25, 0.3) is 0 Å². The van der Waals surface area contributed by atoms with Crippen molar-refractivity contribution in [2.45, 2.75) is 11.8 Å². The van der Waals surface area contributed by atoms with Crippen molar-refractivity contribution in [3.05, 3.63) is 48.7 Å². The molecule has 0 radical (unpaired) electrons. The number of rotatable bonds is 7. The Labute approximate surface area is 149 Å². The number of carbonyl (C=O) groups is 1. The Kier molecular flexibility index (Phi) is 5.63. The number of carbonyl (C=O) groups excluding carboxylic acids is 1. The van der Waals surface area contributed by atoms with Crippen LogP contribution in [0.3, 0.4) is 0 Å². The lowest BCUT2D eigenvalue weighted by atomic mass is 10.3. The smallest absolute Gasteiger partial charge is 0.249 e. The number of aromatic amines is 1. The normalized spacial score (nSPS) is 10.4. The summed E-state index contributed by atoms with van der Waals surface area (Å²) in [5.74, 6) is 1.65. The Balaban J connectivity index is 1.52. The van der Waals surface area contributed by atoms with Gasteiger partial charge in [-0.25, -0.2) is 0 Å². The number of H-pyrrole nitrogens is 1. The molecule has 1 aromatic carbocycles. The highest BCUT2D eigenvalue weighted by Gasteiger charge is 2.10. The summed E-state index contributed by atoms with van der Waals surface area (Å²) < 4.78 is 5.39. The van der Waals surface area contributed by atoms with Crippen molar-refractivity contribution in [2.24, 2.45) is 0 Å².